The van der Waals surface area contributed by atoms with Crippen LogP contribution in [-0.2, 0) is 4.79 Å². The molecular formula is C33H39N5OS. The van der Waals surface area contributed by atoms with Crippen LogP contribution in [0, 0.1) is 0 Å². The SMILES string of the molecule is O=C([C@@H]1CSC(c2cccnc2)N1)N1CCN(CCN2CCC(=C(c3ccccc3)c3ccccc3)CC2)CC1. The van der Waals surface area contributed by atoms with Crippen LogP contribution in [0.3, 0.4) is 0 Å². The minimum atomic E-state index is -0.103. The number of carbonyl (C=O) groups excluding carboxylic acids is 1. The first-order valence-electron chi connectivity index (χ1n) is 14.6. The van der Waals surface area contributed by atoms with Gasteiger partial charge in [0, 0.05) is 70.5 Å². The molecule has 208 valence electrons. The summed E-state index contributed by atoms with van der Waals surface area (Å²) in [5, 5.41) is 3.68. The van der Waals surface area contributed by atoms with E-state index in [4.69, 9.17) is 0 Å². The minimum Gasteiger partial charge on any atom is -0.339 e. The highest BCUT2D eigenvalue weighted by atomic mass is 32.2. The third kappa shape index (κ3) is 6.50. The van der Waals surface area contributed by atoms with Gasteiger partial charge in [0.05, 0.1) is 11.4 Å². The minimum absolute atomic E-state index is 0.103. The number of nitrogens with one attached hydrogen (secondary N) is 1. The highest BCUT2D eigenvalue weighted by molar-refractivity contribution is 7.99. The molecule has 7 heteroatoms. The molecule has 1 amide bonds. The van der Waals surface area contributed by atoms with E-state index in [-0.39, 0.29) is 17.3 Å². The summed E-state index contributed by atoms with van der Waals surface area (Å²) in [7, 11) is 0. The van der Waals surface area contributed by atoms with Gasteiger partial charge in [-0.2, -0.15) is 0 Å². The monoisotopic (exact) mass is 553 g/mol. The van der Waals surface area contributed by atoms with Crippen LogP contribution in [0.1, 0.15) is 34.9 Å². The Morgan fingerprint density at radius 3 is 2.02 bits per heavy atom. The summed E-state index contributed by atoms with van der Waals surface area (Å²) in [6.45, 7) is 7.96. The standard InChI is InChI=1S/C33H39N5OS/c39-33(30-25-40-32(35-30)29-12-7-15-34-24-29)38-22-20-37(21-23-38)19-18-36-16-13-28(14-17-36)31(26-8-3-1-4-9-26)27-10-5-2-6-11-27/h1-12,15,24,30,32,35H,13-14,16-23,25H2/t30-,32?/m0/s1. The maximum atomic E-state index is 13.2. The second kappa shape index (κ2) is 13.1. The largest absolute Gasteiger partial charge is 0.339 e. The number of nitrogens with zero attached hydrogens (tertiary/aromatic N) is 4. The highest BCUT2D eigenvalue weighted by Crippen LogP contribution is 2.33. The molecule has 1 unspecified atom stereocenters. The fourth-order valence-corrected chi connectivity index (χ4v) is 7.33. The van der Waals surface area contributed by atoms with Crippen LogP contribution in [0.15, 0.2) is 90.8 Å². The molecule has 3 aliphatic heterocycles. The number of thioether (sulfide) groups is 1. The van der Waals surface area contributed by atoms with Gasteiger partial charge in [-0.15, -0.1) is 11.8 Å². The van der Waals surface area contributed by atoms with Gasteiger partial charge in [-0.1, -0.05) is 72.3 Å². The molecule has 6 rings (SSSR count). The third-order valence-electron chi connectivity index (χ3n) is 8.42. The van der Waals surface area contributed by atoms with Crippen molar-refractivity contribution in [3.05, 3.63) is 107 Å². The van der Waals surface area contributed by atoms with Crippen molar-refractivity contribution in [2.75, 3.05) is 58.1 Å². The molecule has 4 heterocycles. The number of piperazine rings is 1. The summed E-state index contributed by atoms with van der Waals surface area (Å²) in [5.74, 6) is 1.07. The molecule has 3 aromatic rings. The zero-order valence-corrected chi connectivity index (χ0v) is 23.9. The molecule has 6 nitrogen and oxygen atoms in total. The van der Waals surface area contributed by atoms with Crippen molar-refractivity contribution in [1.29, 1.82) is 0 Å². The molecule has 2 aromatic carbocycles. The number of amides is 1. The second-order valence-electron chi connectivity index (χ2n) is 10.9. The summed E-state index contributed by atoms with van der Waals surface area (Å²) in [6, 6.07) is 25.7. The zero-order chi connectivity index (χ0) is 27.1. The fraction of sp³-hybridized carbons (Fsp3) is 0.394. The van der Waals surface area contributed by atoms with E-state index in [9.17, 15) is 4.79 Å². The molecule has 2 atom stereocenters. The van der Waals surface area contributed by atoms with Crippen LogP contribution in [0.25, 0.3) is 5.57 Å². The molecule has 3 fully saturated rings. The Bertz CT molecular complexity index is 1230. The number of hydrogen-bond donors (Lipinski definition) is 1. The lowest BCUT2D eigenvalue weighted by molar-refractivity contribution is -0.134. The smallest absolute Gasteiger partial charge is 0.240 e. The number of likely N-dealkylation sites (tertiary alicyclic amines) is 1. The van der Waals surface area contributed by atoms with Crippen LogP contribution in [0.4, 0.5) is 0 Å². The molecule has 0 aliphatic carbocycles. The molecule has 0 saturated carbocycles. The van der Waals surface area contributed by atoms with Crippen molar-refractivity contribution in [3.63, 3.8) is 0 Å². The van der Waals surface area contributed by atoms with E-state index in [1.165, 1.54) is 16.7 Å². The van der Waals surface area contributed by atoms with E-state index in [0.29, 0.717) is 0 Å². The molecular weight excluding hydrogens is 514 g/mol. The number of pyridine rings is 1. The van der Waals surface area contributed by atoms with Crippen LogP contribution in [-0.4, -0.2) is 89.7 Å². The summed E-state index contributed by atoms with van der Waals surface area (Å²) >= 11 is 1.80. The quantitative estimate of drug-likeness (QED) is 0.464. The highest BCUT2D eigenvalue weighted by Gasteiger charge is 2.34. The summed E-state index contributed by atoms with van der Waals surface area (Å²) < 4.78 is 0. The van der Waals surface area contributed by atoms with E-state index in [1.54, 1.807) is 23.5 Å². The summed E-state index contributed by atoms with van der Waals surface area (Å²) in [5.41, 5.74) is 6.78. The van der Waals surface area contributed by atoms with Gasteiger partial charge in [-0.05, 0) is 41.2 Å². The van der Waals surface area contributed by atoms with Crippen LogP contribution in [0.5, 0.6) is 0 Å². The number of piperidine rings is 1. The van der Waals surface area contributed by atoms with Gasteiger partial charge in [0.15, 0.2) is 0 Å². The molecule has 3 aliphatic rings. The van der Waals surface area contributed by atoms with E-state index in [1.807, 2.05) is 12.3 Å². The van der Waals surface area contributed by atoms with E-state index in [0.717, 1.165) is 76.5 Å². The number of carbonyl (C=O) groups is 1. The fourth-order valence-electron chi connectivity index (χ4n) is 6.11. The van der Waals surface area contributed by atoms with E-state index < -0.39 is 0 Å². The van der Waals surface area contributed by atoms with Crippen molar-refractivity contribution >= 4 is 23.2 Å². The average molecular weight is 554 g/mol. The van der Waals surface area contributed by atoms with Crippen molar-refractivity contribution in [3.8, 4) is 0 Å². The van der Waals surface area contributed by atoms with Gasteiger partial charge in [0.2, 0.25) is 5.91 Å². The third-order valence-corrected chi connectivity index (χ3v) is 9.69. The van der Waals surface area contributed by atoms with Gasteiger partial charge in [-0.3, -0.25) is 20.0 Å². The molecule has 1 aromatic heterocycles. The first kappa shape index (κ1) is 27.2. The lowest BCUT2D eigenvalue weighted by Gasteiger charge is -2.37. The van der Waals surface area contributed by atoms with Crippen molar-refractivity contribution in [2.45, 2.75) is 24.3 Å². The van der Waals surface area contributed by atoms with Crippen LogP contribution in [0.2, 0.25) is 0 Å². The molecule has 0 bridgehead atoms. The predicted octanol–water partition coefficient (Wildman–Crippen LogP) is 4.53. The summed E-state index contributed by atoms with van der Waals surface area (Å²) in [6.07, 6.45) is 5.92. The number of hydrogen-bond acceptors (Lipinski definition) is 6. The first-order chi connectivity index (χ1) is 19.7. The first-order valence-corrected chi connectivity index (χ1v) is 15.6. The Hall–Kier alpha value is -2.97. The van der Waals surface area contributed by atoms with E-state index in [2.05, 4.69) is 91.7 Å². The molecule has 1 N–H and O–H groups in total. The summed E-state index contributed by atoms with van der Waals surface area (Å²) in [4.78, 5) is 24.6. The topological polar surface area (TPSA) is 51.7 Å². The van der Waals surface area contributed by atoms with Crippen molar-refractivity contribution in [2.24, 2.45) is 0 Å². The van der Waals surface area contributed by atoms with Gasteiger partial charge in [-0.25, -0.2) is 0 Å². The average Bonchev–Trinajstić information content (AvgIpc) is 3.53. The van der Waals surface area contributed by atoms with Gasteiger partial charge in [0.1, 0.15) is 0 Å². The zero-order valence-electron chi connectivity index (χ0n) is 23.1. The predicted molar refractivity (Wildman–Crippen MR) is 164 cm³/mol. The van der Waals surface area contributed by atoms with Crippen molar-refractivity contribution in [1.82, 2.24) is 25.0 Å². The molecule has 40 heavy (non-hydrogen) atoms. The van der Waals surface area contributed by atoms with Gasteiger partial charge in [0.25, 0.3) is 0 Å². The number of benzene rings is 2. The van der Waals surface area contributed by atoms with Gasteiger partial charge < -0.3 is 9.80 Å². The Kier molecular flexibility index (Phi) is 8.93. The van der Waals surface area contributed by atoms with Crippen molar-refractivity contribution < 1.29 is 4.79 Å². The van der Waals surface area contributed by atoms with Gasteiger partial charge >= 0.3 is 0 Å². The number of rotatable bonds is 7. The van der Waals surface area contributed by atoms with E-state index >= 15 is 0 Å². The maximum Gasteiger partial charge on any atom is 0.240 e. The Morgan fingerprint density at radius 2 is 1.43 bits per heavy atom. The number of aromatic nitrogens is 1. The molecule has 0 spiro atoms. The second-order valence-corrected chi connectivity index (χ2v) is 12.1. The normalized spacial score (nSPS) is 22.4. The van der Waals surface area contributed by atoms with Crippen LogP contribution < -0.4 is 5.32 Å². The maximum absolute atomic E-state index is 13.2. The Balaban J connectivity index is 0.967. The molecule has 3 saturated heterocycles. The lowest BCUT2D eigenvalue weighted by Crippen LogP contribution is -2.54. The Morgan fingerprint density at radius 1 is 0.800 bits per heavy atom. The lowest BCUT2D eigenvalue weighted by atomic mass is 9.88. The van der Waals surface area contributed by atoms with Crippen LogP contribution >= 0.6 is 11.8 Å². The molecule has 0 radical (unpaired) electrons. The Labute approximate surface area is 242 Å².